The van der Waals surface area contributed by atoms with E-state index in [1.165, 1.54) is 12.1 Å². The van der Waals surface area contributed by atoms with Crippen LogP contribution in [0.1, 0.15) is 17.0 Å². The molecule has 0 saturated heterocycles. The van der Waals surface area contributed by atoms with Crippen molar-refractivity contribution in [2.45, 2.75) is 20.1 Å². The topological polar surface area (TPSA) is 48.1 Å². The molecule has 0 amide bonds. The Balaban J connectivity index is 2.17. The second-order valence-electron chi connectivity index (χ2n) is 4.10. The van der Waals surface area contributed by atoms with Crippen molar-refractivity contribution in [3.8, 4) is 5.75 Å². The van der Waals surface area contributed by atoms with E-state index in [0.717, 1.165) is 11.8 Å². The van der Waals surface area contributed by atoms with Gasteiger partial charge in [0.05, 0.1) is 5.69 Å². The third-order valence-corrected chi connectivity index (χ3v) is 2.68. The smallest absolute Gasteiger partial charge is 0.165 e. The van der Waals surface area contributed by atoms with Crippen molar-refractivity contribution in [1.29, 1.82) is 0 Å². The molecule has 0 atom stereocenters. The van der Waals surface area contributed by atoms with Crippen LogP contribution in [0.25, 0.3) is 0 Å². The minimum absolute atomic E-state index is 0.0681. The maximum atomic E-state index is 13.5. The second-order valence-corrected chi connectivity index (χ2v) is 4.10. The van der Waals surface area contributed by atoms with Crippen LogP contribution in [0.15, 0.2) is 30.3 Å². The number of pyridine rings is 1. The third-order valence-electron chi connectivity index (χ3n) is 2.68. The standard InChI is InChI=1S/C14H14F2N2O/c1-9-5-6-13(12(7-17)18-9)19-8-10-3-2-4-11(15)14(10)16/h2-6H,7-8,17H2,1H3. The normalized spacial score (nSPS) is 10.5. The summed E-state index contributed by atoms with van der Waals surface area (Å²) in [5.74, 6) is -1.30. The van der Waals surface area contributed by atoms with E-state index in [4.69, 9.17) is 10.5 Å². The van der Waals surface area contributed by atoms with Gasteiger partial charge < -0.3 is 10.5 Å². The molecule has 2 N–H and O–H groups in total. The zero-order valence-electron chi connectivity index (χ0n) is 10.5. The molecule has 3 nitrogen and oxygen atoms in total. The number of ether oxygens (including phenoxy) is 1. The highest BCUT2D eigenvalue weighted by atomic mass is 19.2. The van der Waals surface area contributed by atoms with Crippen molar-refractivity contribution in [3.05, 3.63) is 58.9 Å². The SMILES string of the molecule is Cc1ccc(OCc2cccc(F)c2F)c(CN)n1. The lowest BCUT2D eigenvalue weighted by Crippen LogP contribution is -2.07. The Morgan fingerprint density at radius 1 is 1.21 bits per heavy atom. The van der Waals surface area contributed by atoms with E-state index < -0.39 is 11.6 Å². The fourth-order valence-corrected chi connectivity index (χ4v) is 1.69. The van der Waals surface area contributed by atoms with Crippen LogP contribution in [0, 0.1) is 18.6 Å². The summed E-state index contributed by atoms with van der Waals surface area (Å²) >= 11 is 0. The van der Waals surface area contributed by atoms with E-state index >= 15 is 0 Å². The number of hydrogen-bond acceptors (Lipinski definition) is 3. The van der Waals surface area contributed by atoms with Gasteiger partial charge in [-0.1, -0.05) is 12.1 Å². The first kappa shape index (κ1) is 13.4. The Morgan fingerprint density at radius 2 is 2.00 bits per heavy atom. The van der Waals surface area contributed by atoms with Crippen molar-refractivity contribution in [2.75, 3.05) is 0 Å². The summed E-state index contributed by atoms with van der Waals surface area (Å²) in [6.45, 7) is 2.00. The van der Waals surface area contributed by atoms with Crippen LogP contribution in [0.3, 0.4) is 0 Å². The van der Waals surface area contributed by atoms with Crippen LogP contribution in [0.2, 0.25) is 0 Å². The van der Waals surface area contributed by atoms with E-state index in [1.807, 2.05) is 6.92 Å². The number of rotatable bonds is 4. The molecule has 0 radical (unpaired) electrons. The van der Waals surface area contributed by atoms with Gasteiger partial charge in [0.2, 0.25) is 0 Å². The van der Waals surface area contributed by atoms with Gasteiger partial charge in [0, 0.05) is 17.8 Å². The molecule has 0 fully saturated rings. The molecule has 100 valence electrons. The summed E-state index contributed by atoms with van der Waals surface area (Å²) < 4.78 is 32.0. The van der Waals surface area contributed by atoms with Gasteiger partial charge in [-0.25, -0.2) is 8.78 Å². The number of nitrogens with zero attached hydrogens (tertiary/aromatic N) is 1. The lowest BCUT2D eigenvalue weighted by Gasteiger charge is -2.11. The molecule has 0 aliphatic heterocycles. The summed E-state index contributed by atoms with van der Waals surface area (Å²) in [5.41, 5.74) is 7.14. The van der Waals surface area contributed by atoms with Crippen LogP contribution < -0.4 is 10.5 Å². The molecule has 0 aliphatic carbocycles. The van der Waals surface area contributed by atoms with Gasteiger partial charge >= 0.3 is 0 Å². The lowest BCUT2D eigenvalue weighted by molar-refractivity contribution is 0.292. The van der Waals surface area contributed by atoms with E-state index in [9.17, 15) is 8.78 Å². The Morgan fingerprint density at radius 3 is 2.74 bits per heavy atom. The minimum atomic E-state index is -0.892. The molecule has 0 bridgehead atoms. The van der Waals surface area contributed by atoms with Gasteiger partial charge in [0.25, 0.3) is 0 Å². The van der Waals surface area contributed by atoms with Crippen molar-refractivity contribution in [2.24, 2.45) is 5.73 Å². The van der Waals surface area contributed by atoms with Gasteiger partial charge in [0.1, 0.15) is 12.4 Å². The van der Waals surface area contributed by atoms with Gasteiger partial charge in [-0.2, -0.15) is 0 Å². The first-order chi connectivity index (χ1) is 9.11. The summed E-state index contributed by atoms with van der Waals surface area (Å²) in [4.78, 5) is 4.23. The van der Waals surface area contributed by atoms with Crippen LogP contribution in [-0.2, 0) is 13.2 Å². The molecular weight excluding hydrogens is 250 g/mol. The second kappa shape index (κ2) is 5.75. The molecule has 0 saturated carbocycles. The number of aromatic nitrogens is 1. The van der Waals surface area contributed by atoms with E-state index in [-0.39, 0.29) is 18.7 Å². The third kappa shape index (κ3) is 3.06. The molecule has 19 heavy (non-hydrogen) atoms. The van der Waals surface area contributed by atoms with E-state index in [2.05, 4.69) is 4.98 Å². The Kier molecular flexibility index (Phi) is 4.06. The molecule has 0 aliphatic rings. The van der Waals surface area contributed by atoms with Gasteiger partial charge in [-0.05, 0) is 25.1 Å². The largest absolute Gasteiger partial charge is 0.487 e. The summed E-state index contributed by atoms with van der Waals surface area (Å²) in [6.07, 6.45) is 0. The molecule has 1 aromatic heterocycles. The highest BCUT2D eigenvalue weighted by Crippen LogP contribution is 2.19. The minimum Gasteiger partial charge on any atom is -0.487 e. The number of aryl methyl sites for hydroxylation is 1. The number of halogens is 2. The maximum Gasteiger partial charge on any atom is 0.165 e. The predicted octanol–water partition coefficient (Wildman–Crippen LogP) is 2.71. The van der Waals surface area contributed by atoms with Gasteiger partial charge in [-0.15, -0.1) is 0 Å². The van der Waals surface area contributed by atoms with Gasteiger partial charge in [-0.3, -0.25) is 4.98 Å². The molecule has 1 aromatic carbocycles. The highest BCUT2D eigenvalue weighted by molar-refractivity contribution is 5.29. The molecule has 1 heterocycles. The Bertz CT molecular complexity index is 588. The molecule has 0 unspecified atom stereocenters. The average Bonchev–Trinajstić information content (AvgIpc) is 2.41. The van der Waals surface area contributed by atoms with Crippen molar-refractivity contribution in [1.82, 2.24) is 4.98 Å². The predicted molar refractivity (Wildman–Crippen MR) is 67.6 cm³/mol. The number of nitrogens with two attached hydrogens (primary N) is 1. The first-order valence-electron chi connectivity index (χ1n) is 5.84. The van der Waals surface area contributed by atoms with Crippen molar-refractivity contribution < 1.29 is 13.5 Å². The fraction of sp³-hybridized carbons (Fsp3) is 0.214. The average molecular weight is 264 g/mol. The summed E-state index contributed by atoms with van der Waals surface area (Å²) in [5, 5.41) is 0. The lowest BCUT2D eigenvalue weighted by atomic mass is 10.2. The van der Waals surface area contributed by atoms with Crippen molar-refractivity contribution in [3.63, 3.8) is 0 Å². The summed E-state index contributed by atoms with van der Waals surface area (Å²) in [7, 11) is 0. The Labute approximate surface area is 110 Å². The first-order valence-corrected chi connectivity index (χ1v) is 5.84. The van der Waals surface area contributed by atoms with Crippen LogP contribution in [0.4, 0.5) is 8.78 Å². The molecule has 0 spiro atoms. The van der Waals surface area contributed by atoms with Gasteiger partial charge in [0.15, 0.2) is 11.6 Å². The highest BCUT2D eigenvalue weighted by Gasteiger charge is 2.10. The van der Waals surface area contributed by atoms with Crippen molar-refractivity contribution >= 4 is 0 Å². The molecule has 5 heteroatoms. The zero-order chi connectivity index (χ0) is 13.8. The molecule has 2 rings (SSSR count). The van der Waals surface area contributed by atoms with Crippen LogP contribution in [-0.4, -0.2) is 4.98 Å². The monoisotopic (exact) mass is 264 g/mol. The van der Waals surface area contributed by atoms with Crippen LogP contribution >= 0.6 is 0 Å². The zero-order valence-corrected chi connectivity index (χ0v) is 10.5. The molecular formula is C14H14F2N2O. The van der Waals surface area contributed by atoms with Crippen LogP contribution in [0.5, 0.6) is 5.75 Å². The molecule has 2 aromatic rings. The fourth-order valence-electron chi connectivity index (χ4n) is 1.69. The quantitative estimate of drug-likeness (QED) is 0.923. The summed E-state index contributed by atoms with van der Waals surface area (Å²) in [6, 6.07) is 7.48. The number of hydrogen-bond donors (Lipinski definition) is 1. The number of benzene rings is 1. The Hall–Kier alpha value is -2.01. The van der Waals surface area contributed by atoms with E-state index in [0.29, 0.717) is 11.4 Å². The maximum absolute atomic E-state index is 13.5. The van der Waals surface area contributed by atoms with E-state index in [1.54, 1.807) is 12.1 Å².